The number of ether oxygens (including phenoxy) is 2. The second-order valence-electron chi connectivity index (χ2n) is 8.16. The molecule has 7 heteroatoms. The average Bonchev–Trinajstić information content (AvgIpc) is 3.02. The summed E-state index contributed by atoms with van der Waals surface area (Å²) in [5.74, 6) is 0.706. The predicted molar refractivity (Wildman–Crippen MR) is 113 cm³/mol. The number of hydrogen-bond donors (Lipinski definition) is 2. The lowest BCUT2D eigenvalue weighted by Crippen LogP contribution is -3.27. The number of aromatic nitrogens is 1. The van der Waals surface area contributed by atoms with E-state index in [0.717, 1.165) is 67.5 Å². The normalized spacial score (nSPS) is 19.1. The number of hydrogen-bond acceptors (Lipinski definition) is 3. The van der Waals surface area contributed by atoms with Crippen molar-refractivity contribution in [3.05, 3.63) is 52.6 Å². The fourth-order valence-corrected chi connectivity index (χ4v) is 4.40. The first-order valence-electron chi connectivity index (χ1n) is 10.6. The van der Waals surface area contributed by atoms with Gasteiger partial charge in [-0.05, 0) is 38.1 Å². The molecule has 164 valence electrons. The fourth-order valence-electron chi connectivity index (χ4n) is 4.40. The van der Waals surface area contributed by atoms with E-state index in [4.69, 9.17) is 9.47 Å². The average molecular weight is 420 g/mol. The van der Waals surface area contributed by atoms with Gasteiger partial charge in [0.1, 0.15) is 50.8 Å². The Morgan fingerprint density at radius 3 is 2.47 bits per heavy atom. The summed E-state index contributed by atoms with van der Waals surface area (Å²) in [5.41, 5.74) is 3.85. The number of halogens is 1. The van der Waals surface area contributed by atoms with E-state index >= 15 is 0 Å². The van der Waals surface area contributed by atoms with Crippen molar-refractivity contribution < 1.29 is 28.5 Å². The van der Waals surface area contributed by atoms with Gasteiger partial charge in [-0.25, -0.2) is 4.39 Å². The molecule has 1 aromatic carbocycles. The van der Waals surface area contributed by atoms with Crippen LogP contribution in [0.3, 0.4) is 0 Å². The maximum Gasteiger partial charge on any atom is 0.218 e. The Hall–Kier alpha value is -2.22. The van der Waals surface area contributed by atoms with Crippen molar-refractivity contribution in [2.24, 2.45) is 0 Å². The number of methoxy groups -OCH3 is 2. The molecule has 0 radical (unpaired) electrons. The lowest BCUT2D eigenvalue weighted by molar-refractivity contribution is -1.01. The van der Waals surface area contributed by atoms with Crippen molar-refractivity contribution in [2.75, 3.05) is 53.6 Å². The molecule has 1 aliphatic rings. The SMILES string of the molecule is COCCn1c(C)cc(C(=O)C[NH+]2CC[NH+](Cc3cc(F)ccc3OC)CC2)c1C. The van der Waals surface area contributed by atoms with Gasteiger partial charge in [-0.3, -0.25) is 4.79 Å². The molecular formula is C23H34FN3O3+2. The standard InChI is InChI=1S/C23H32FN3O3/c1-17-13-21(18(2)27(17)11-12-29-3)22(28)16-26-9-7-25(8-10-26)15-19-14-20(24)5-6-23(19)30-4/h5-6,13-14H,7-12,15-16H2,1-4H3/p+2. The molecule has 1 aromatic heterocycles. The Morgan fingerprint density at radius 2 is 1.80 bits per heavy atom. The van der Waals surface area contributed by atoms with Gasteiger partial charge in [0.05, 0.1) is 19.3 Å². The predicted octanol–water partition coefficient (Wildman–Crippen LogP) is 0.0653. The van der Waals surface area contributed by atoms with Crippen LogP contribution in [0.1, 0.15) is 27.3 Å². The molecule has 2 heterocycles. The van der Waals surface area contributed by atoms with E-state index in [2.05, 4.69) is 4.57 Å². The van der Waals surface area contributed by atoms with Crippen LogP contribution >= 0.6 is 0 Å². The Balaban J connectivity index is 1.55. The Morgan fingerprint density at radius 1 is 1.10 bits per heavy atom. The zero-order valence-corrected chi connectivity index (χ0v) is 18.5. The summed E-state index contributed by atoms with van der Waals surface area (Å²) in [6.45, 7) is 10.5. The highest BCUT2D eigenvalue weighted by Gasteiger charge is 2.27. The second-order valence-corrected chi connectivity index (χ2v) is 8.16. The summed E-state index contributed by atoms with van der Waals surface area (Å²) in [5, 5.41) is 0. The molecule has 0 bridgehead atoms. The smallest absolute Gasteiger partial charge is 0.218 e. The minimum Gasteiger partial charge on any atom is -0.496 e. The topological polar surface area (TPSA) is 49.3 Å². The first-order valence-corrected chi connectivity index (χ1v) is 10.6. The first kappa shape index (κ1) is 22.5. The third-order valence-electron chi connectivity index (χ3n) is 6.15. The molecule has 1 saturated heterocycles. The van der Waals surface area contributed by atoms with Crippen molar-refractivity contribution in [1.82, 2.24) is 4.57 Å². The first-order chi connectivity index (χ1) is 14.4. The minimum absolute atomic E-state index is 0.206. The highest BCUT2D eigenvalue weighted by atomic mass is 19.1. The third-order valence-corrected chi connectivity index (χ3v) is 6.15. The summed E-state index contributed by atoms with van der Waals surface area (Å²) < 4.78 is 26.3. The zero-order valence-electron chi connectivity index (χ0n) is 18.5. The van der Waals surface area contributed by atoms with E-state index in [1.165, 1.54) is 15.9 Å². The van der Waals surface area contributed by atoms with Crippen LogP contribution in [0.2, 0.25) is 0 Å². The number of rotatable bonds is 9. The third kappa shape index (κ3) is 5.28. The van der Waals surface area contributed by atoms with E-state index in [0.29, 0.717) is 13.2 Å². The van der Waals surface area contributed by atoms with Crippen LogP contribution in [0.15, 0.2) is 24.3 Å². The maximum absolute atomic E-state index is 13.6. The molecule has 1 aliphatic heterocycles. The van der Waals surface area contributed by atoms with Crippen molar-refractivity contribution in [3.63, 3.8) is 0 Å². The van der Waals surface area contributed by atoms with Crippen LogP contribution < -0.4 is 14.5 Å². The summed E-state index contributed by atoms with van der Waals surface area (Å²) >= 11 is 0. The van der Waals surface area contributed by atoms with E-state index in [1.807, 2.05) is 19.9 Å². The molecule has 30 heavy (non-hydrogen) atoms. The second kappa shape index (κ2) is 10.2. The number of ketones is 1. The molecule has 6 nitrogen and oxygen atoms in total. The van der Waals surface area contributed by atoms with Crippen molar-refractivity contribution in [1.29, 1.82) is 0 Å². The maximum atomic E-state index is 13.6. The zero-order chi connectivity index (χ0) is 21.7. The number of quaternary nitrogens is 2. The van der Waals surface area contributed by atoms with Crippen LogP contribution in [-0.4, -0.2) is 63.9 Å². The lowest BCUT2D eigenvalue weighted by Gasteiger charge is -2.29. The monoisotopic (exact) mass is 419 g/mol. The van der Waals surface area contributed by atoms with Gasteiger partial charge in [-0.2, -0.15) is 0 Å². The Bertz CT molecular complexity index is 873. The molecule has 2 N–H and O–H groups in total. The number of nitrogens with one attached hydrogen (secondary N) is 2. The molecule has 1 fully saturated rings. The van der Waals surface area contributed by atoms with Gasteiger partial charge in [0.25, 0.3) is 0 Å². The van der Waals surface area contributed by atoms with Gasteiger partial charge in [-0.15, -0.1) is 0 Å². The van der Waals surface area contributed by atoms with Crippen molar-refractivity contribution in [2.45, 2.75) is 26.9 Å². The van der Waals surface area contributed by atoms with Crippen molar-refractivity contribution >= 4 is 5.78 Å². The van der Waals surface area contributed by atoms with Gasteiger partial charge in [-0.1, -0.05) is 0 Å². The number of benzene rings is 1. The number of carbonyl (C=O) groups is 1. The largest absolute Gasteiger partial charge is 0.496 e. The van der Waals surface area contributed by atoms with E-state index < -0.39 is 0 Å². The lowest BCUT2D eigenvalue weighted by atomic mass is 10.1. The summed E-state index contributed by atoms with van der Waals surface area (Å²) in [6.07, 6.45) is 0. The molecule has 0 saturated carbocycles. The highest BCUT2D eigenvalue weighted by Crippen LogP contribution is 2.18. The summed E-state index contributed by atoms with van der Waals surface area (Å²) in [4.78, 5) is 15.6. The molecule has 0 aliphatic carbocycles. The van der Waals surface area contributed by atoms with Crippen LogP contribution in [0.25, 0.3) is 0 Å². The summed E-state index contributed by atoms with van der Waals surface area (Å²) in [6, 6.07) is 6.68. The van der Waals surface area contributed by atoms with E-state index in [9.17, 15) is 9.18 Å². The van der Waals surface area contributed by atoms with Gasteiger partial charge in [0.15, 0.2) is 0 Å². The Labute approximate surface area is 178 Å². The number of aryl methyl sites for hydroxylation is 1. The van der Waals surface area contributed by atoms with E-state index in [1.54, 1.807) is 26.4 Å². The highest BCUT2D eigenvalue weighted by molar-refractivity contribution is 5.98. The summed E-state index contributed by atoms with van der Waals surface area (Å²) in [7, 11) is 3.31. The fraction of sp³-hybridized carbons (Fsp3) is 0.522. The molecule has 3 rings (SSSR count). The minimum atomic E-state index is -0.233. The number of Topliss-reactive ketones (excluding diaryl/α,β-unsaturated/α-hetero) is 1. The van der Waals surface area contributed by atoms with Gasteiger partial charge in [0, 0.05) is 30.6 Å². The van der Waals surface area contributed by atoms with Crippen LogP contribution in [-0.2, 0) is 17.8 Å². The molecule has 0 spiro atoms. The van der Waals surface area contributed by atoms with Crippen molar-refractivity contribution in [3.8, 4) is 5.75 Å². The molecule has 0 amide bonds. The van der Waals surface area contributed by atoms with Gasteiger partial charge in [0.2, 0.25) is 5.78 Å². The quantitative estimate of drug-likeness (QED) is 0.566. The number of nitrogens with zero attached hydrogens (tertiary/aromatic N) is 1. The molecule has 2 aromatic rings. The van der Waals surface area contributed by atoms with Gasteiger partial charge >= 0.3 is 0 Å². The number of carbonyl (C=O) groups excluding carboxylic acids is 1. The number of piperazine rings is 1. The van der Waals surface area contributed by atoms with E-state index in [-0.39, 0.29) is 11.6 Å². The van der Waals surface area contributed by atoms with Crippen LogP contribution in [0, 0.1) is 19.7 Å². The van der Waals surface area contributed by atoms with Gasteiger partial charge < -0.3 is 23.8 Å². The Kier molecular flexibility index (Phi) is 7.64. The molecular weight excluding hydrogens is 385 g/mol. The molecule has 0 unspecified atom stereocenters. The molecule has 0 atom stereocenters. The van der Waals surface area contributed by atoms with Crippen LogP contribution in [0.5, 0.6) is 5.75 Å². The van der Waals surface area contributed by atoms with Crippen LogP contribution in [0.4, 0.5) is 4.39 Å².